The van der Waals surface area contributed by atoms with E-state index < -0.39 is 0 Å². The van der Waals surface area contributed by atoms with Crippen molar-refractivity contribution in [3.63, 3.8) is 0 Å². The fraction of sp³-hybridized carbons (Fsp3) is 0.105. The fourth-order valence-electron chi connectivity index (χ4n) is 2.43. The van der Waals surface area contributed by atoms with Crippen LogP contribution < -0.4 is 5.32 Å². The Hall–Kier alpha value is -2.81. The van der Waals surface area contributed by atoms with Gasteiger partial charge in [-0.25, -0.2) is 4.79 Å². The summed E-state index contributed by atoms with van der Waals surface area (Å²) in [5.41, 5.74) is 2.96. The maximum atomic E-state index is 11.7. The highest BCUT2D eigenvalue weighted by Crippen LogP contribution is 2.30. The second kappa shape index (κ2) is 8.52. The summed E-state index contributed by atoms with van der Waals surface area (Å²) in [4.78, 5) is 16.0. The summed E-state index contributed by atoms with van der Waals surface area (Å²) >= 11 is 6.08. The van der Waals surface area contributed by atoms with E-state index in [1.54, 1.807) is 49.4 Å². The van der Waals surface area contributed by atoms with Crippen molar-refractivity contribution in [2.24, 2.45) is 0 Å². The molecule has 2 aromatic carbocycles. The van der Waals surface area contributed by atoms with Gasteiger partial charge in [0.15, 0.2) is 0 Å². The van der Waals surface area contributed by atoms with Gasteiger partial charge < -0.3 is 10.1 Å². The lowest BCUT2D eigenvalue weighted by Gasteiger charge is -2.12. The van der Waals surface area contributed by atoms with Gasteiger partial charge in [0, 0.05) is 22.3 Å². The molecule has 1 heterocycles. The third kappa shape index (κ3) is 4.05. The number of nitrogens with one attached hydrogen (secondary N) is 1. The minimum Gasteiger partial charge on any atom is -0.462 e. The lowest BCUT2D eigenvalue weighted by atomic mass is 10.1. The molecule has 0 saturated heterocycles. The maximum Gasteiger partial charge on any atom is 0.338 e. The number of anilines is 2. The summed E-state index contributed by atoms with van der Waals surface area (Å²) in [5, 5.41) is 13.9. The van der Waals surface area contributed by atoms with Crippen molar-refractivity contribution in [3.05, 3.63) is 64.8 Å². The van der Waals surface area contributed by atoms with Gasteiger partial charge in [0.2, 0.25) is 0 Å². The van der Waals surface area contributed by atoms with Crippen LogP contribution in [0, 0.1) is 11.3 Å². The topological polar surface area (TPSA) is 75.0 Å². The molecule has 0 atom stereocenters. The van der Waals surface area contributed by atoms with Gasteiger partial charge in [-0.05, 0) is 49.4 Å². The summed E-state index contributed by atoms with van der Waals surface area (Å²) in [6.45, 7) is 2.09. The number of aromatic nitrogens is 1. The molecule has 0 bridgehead atoms. The number of nitrogens with zero attached hydrogens (tertiary/aromatic N) is 2. The smallest absolute Gasteiger partial charge is 0.338 e. The maximum absolute atomic E-state index is 11.7. The molecule has 3 aromatic rings. The van der Waals surface area contributed by atoms with Crippen LogP contribution in [0.25, 0.3) is 10.9 Å². The van der Waals surface area contributed by atoms with Crippen LogP contribution in [0.4, 0.5) is 11.4 Å². The summed E-state index contributed by atoms with van der Waals surface area (Å²) in [6, 6.07) is 14.3. The Morgan fingerprint density at radius 2 is 2.00 bits per heavy atom. The Bertz CT molecular complexity index is 982. The molecule has 26 heavy (non-hydrogen) atoms. The lowest BCUT2D eigenvalue weighted by Crippen LogP contribution is -2.04. The van der Waals surface area contributed by atoms with Crippen LogP contribution in [0.15, 0.2) is 48.7 Å². The summed E-state index contributed by atoms with van der Waals surface area (Å²) in [6.07, 6.45) is 1.52. The quantitative estimate of drug-likeness (QED) is 0.630. The SMILES string of the molecule is CCOC(=O)c1ccc(Nc2c(C#N)cnc3ccc(Cl)cc23)cc1.Cl. The first-order chi connectivity index (χ1) is 12.1. The summed E-state index contributed by atoms with van der Waals surface area (Å²) in [5.74, 6) is -0.368. The summed E-state index contributed by atoms with van der Waals surface area (Å²) < 4.78 is 4.97. The van der Waals surface area contributed by atoms with Crippen LogP contribution in [0.2, 0.25) is 5.02 Å². The largest absolute Gasteiger partial charge is 0.462 e. The Balaban J connectivity index is 0.00000243. The van der Waals surface area contributed by atoms with Crippen molar-refractivity contribution in [2.45, 2.75) is 6.92 Å². The van der Waals surface area contributed by atoms with Crippen molar-refractivity contribution in [1.82, 2.24) is 4.98 Å². The highest BCUT2D eigenvalue weighted by molar-refractivity contribution is 6.31. The Morgan fingerprint density at radius 3 is 2.65 bits per heavy atom. The number of esters is 1. The third-order valence-corrected chi connectivity index (χ3v) is 3.85. The van der Waals surface area contributed by atoms with E-state index in [0.29, 0.717) is 28.4 Å². The number of ether oxygens (including phenoxy) is 1. The molecule has 0 spiro atoms. The number of halogens is 2. The minimum absolute atomic E-state index is 0. The highest BCUT2D eigenvalue weighted by Gasteiger charge is 2.11. The van der Waals surface area contributed by atoms with Gasteiger partial charge in [0.25, 0.3) is 0 Å². The second-order valence-electron chi connectivity index (χ2n) is 5.24. The number of benzene rings is 2. The third-order valence-electron chi connectivity index (χ3n) is 3.62. The molecule has 0 aliphatic heterocycles. The molecule has 1 N–H and O–H groups in total. The standard InChI is InChI=1S/C19H14ClN3O2.ClH/c1-2-25-19(24)12-3-6-15(7-4-12)23-18-13(10-21)11-22-17-8-5-14(20)9-16(17)18;/h3-9,11H,2H2,1H3,(H,22,23);1H. The van der Waals surface area contributed by atoms with Gasteiger partial charge in [-0.3, -0.25) is 4.98 Å². The van der Waals surface area contributed by atoms with E-state index in [1.165, 1.54) is 6.20 Å². The van der Waals surface area contributed by atoms with Crippen LogP contribution >= 0.6 is 24.0 Å². The molecule has 132 valence electrons. The predicted molar refractivity (Wildman–Crippen MR) is 104 cm³/mol. The van der Waals surface area contributed by atoms with Gasteiger partial charge in [-0.15, -0.1) is 12.4 Å². The van der Waals surface area contributed by atoms with Crippen molar-refractivity contribution in [2.75, 3.05) is 11.9 Å². The average molecular weight is 388 g/mol. The second-order valence-corrected chi connectivity index (χ2v) is 5.68. The van der Waals surface area contributed by atoms with E-state index >= 15 is 0 Å². The molecule has 0 aliphatic carbocycles. The fourth-order valence-corrected chi connectivity index (χ4v) is 2.60. The molecule has 7 heteroatoms. The molecular formula is C19H15Cl2N3O2. The van der Waals surface area contributed by atoms with E-state index in [0.717, 1.165) is 16.6 Å². The number of carbonyl (C=O) groups excluding carboxylic acids is 1. The molecular weight excluding hydrogens is 373 g/mol. The van der Waals surface area contributed by atoms with Crippen molar-refractivity contribution < 1.29 is 9.53 Å². The van der Waals surface area contributed by atoms with Gasteiger partial charge in [0.05, 0.1) is 28.9 Å². The van der Waals surface area contributed by atoms with Crippen LogP contribution in [0.5, 0.6) is 0 Å². The first-order valence-electron chi connectivity index (χ1n) is 7.65. The number of hydrogen-bond acceptors (Lipinski definition) is 5. The molecule has 0 unspecified atom stereocenters. The number of hydrogen-bond donors (Lipinski definition) is 1. The van der Waals surface area contributed by atoms with E-state index in [2.05, 4.69) is 16.4 Å². The van der Waals surface area contributed by atoms with Gasteiger partial charge >= 0.3 is 5.97 Å². The van der Waals surface area contributed by atoms with Crippen LogP contribution in [0.1, 0.15) is 22.8 Å². The first-order valence-corrected chi connectivity index (χ1v) is 8.02. The van der Waals surface area contributed by atoms with Crippen molar-refractivity contribution in [3.8, 4) is 6.07 Å². The Labute approximate surface area is 162 Å². The summed E-state index contributed by atoms with van der Waals surface area (Å²) in [7, 11) is 0. The monoisotopic (exact) mass is 387 g/mol. The normalized spacial score (nSPS) is 9.88. The molecule has 1 aromatic heterocycles. The number of carbonyl (C=O) groups is 1. The number of fused-ring (bicyclic) bond motifs is 1. The number of nitriles is 1. The minimum atomic E-state index is -0.368. The highest BCUT2D eigenvalue weighted by atomic mass is 35.5. The number of rotatable bonds is 4. The van der Waals surface area contributed by atoms with E-state index in [4.69, 9.17) is 16.3 Å². The molecule has 0 radical (unpaired) electrons. The molecule has 5 nitrogen and oxygen atoms in total. The molecule has 0 saturated carbocycles. The Kier molecular flexibility index (Phi) is 6.40. The van der Waals surface area contributed by atoms with Gasteiger partial charge in [-0.1, -0.05) is 11.6 Å². The average Bonchev–Trinajstić information content (AvgIpc) is 2.63. The Morgan fingerprint density at radius 1 is 1.27 bits per heavy atom. The first kappa shape index (κ1) is 19.5. The molecule has 3 rings (SSSR count). The van der Waals surface area contributed by atoms with Crippen LogP contribution in [-0.2, 0) is 4.74 Å². The molecule has 0 amide bonds. The van der Waals surface area contributed by atoms with Gasteiger partial charge in [-0.2, -0.15) is 5.26 Å². The molecule has 0 aliphatic rings. The van der Waals surface area contributed by atoms with E-state index in [1.807, 2.05) is 0 Å². The zero-order valence-corrected chi connectivity index (χ0v) is 15.4. The predicted octanol–water partition coefficient (Wildman–Crippen LogP) is 5.10. The zero-order chi connectivity index (χ0) is 17.8. The van der Waals surface area contributed by atoms with Crippen LogP contribution in [-0.4, -0.2) is 17.6 Å². The zero-order valence-electron chi connectivity index (χ0n) is 13.8. The van der Waals surface area contributed by atoms with Crippen LogP contribution in [0.3, 0.4) is 0 Å². The number of pyridine rings is 1. The van der Waals surface area contributed by atoms with Crippen molar-refractivity contribution in [1.29, 1.82) is 5.26 Å². The van der Waals surface area contributed by atoms with E-state index in [9.17, 15) is 10.1 Å². The lowest BCUT2D eigenvalue weighted by molar-refractivity contribution is 0.0526. The molecule has 0 fully saturated rings. The van der Waals surface area contributed by atoms with Gasteiger partial charge in [0.1, 0.15) is 6.07 Å². The van der Waals surface area contributed by atoms with E-state index in [-0.39, 0.29) is 18.4 Å². The van der Waals surface area contributed by atoms with Crippen molar-refractivity contribution >= 4 is 52.3 Å².